The van der Waals surface area contributed by atoms with Gasteiger partial charge in [-0.05, 0) is 30.7 Å². The quantitative estimate of drug-likeness (QED) is 0.283. The SMILES string of the molecule is COc1ccccc1-c1nnc(SCCCn2c(=O)[nH]c3ccccc32)n1N. The number of nitrogen functional groups attached to an aromatic ring is 1. The molecule has 144 valence electrons. The molecular formula is C19H20N6O2S. The molecule has 0 amide bonds. The summed E-state index contributed by atoms with van der Waals surface area (Å²) in [6.45, 7) is 0.619. The van der Waals surface area contributed by atoms with E-state index in [1.165, 1.54) is 16.4 Å². The molecule has 0 spiro atoms. The number of fused-ring (bicyclic) bond motifs is 1. The maximum Gasteiger partial charge on any atom is 0.326 e. The summed E-state index contributed by atoms with van der Waals surface area (Å²) >= 11 is 1.51. The number of ether oxygens (including phenoxy) is 1. The Morgan fingerprint density at radius 2 is 1.93 bits per heavy atom. The predicted molar refractivity (Wildman–Crippen MR) is 110 cm³/mol. The minimum atomic E-state index is -0.0911. The van der Waals surface area contributed by atoms with Gasteiger partial charge in [-0.1, -0.05) is 36.0 Å². The second-order valence-electron chi connectivity index (χ2n) is 6.18. The highest BCUT2D eigenvalue weighted by atomic mass is 32.2. The number of rotatable bonds is 7. The number of para-hydroxylation sites is 3. The fraction of sp³-hybridized carbons (Fsp3) is 0.211. The summed E-state index contributed by atoms with van der Waals surface area (Å²) < 4.78 is 8.60. The van der Waals surface area contributed by atoms with Crippen LogP contribution in [0, 0.1) is 0 Å². The second-order valence-corrected chi connectivity index (χ2v) is 7.24. The molecule has 2 heterocycles. The Morgan fingerprint density at radius 3 is 2.79 bits per heavy atom. The van der Waals surface area contributed by atoms with Crippen LogP contribution in [0.25, 0.3) is 22.4 Å². The molecule has 0 atom stereocenters. The maximum atomic E-state index is 12.1. The lowest BCUT2D eigenvalue weighted by atomic mass is 10.2. The fourth-order valence-corrected chi connectivity index (χ4v) is 3.88. The lowest BCUT2D eigenvalue weighted by Crippen LogP contribution is -2.17. The maximum absolute atomic E-state index is 12.1. The van der Waals surface area contributed by atoms with E-state index >= 15 is 0 Å². The van der Waals surface area contributed by atoms with Crippen LogP contribution in [0.4, 0.5) is 0 Å². The molecular weight excluding hydrogens is 376 g/mol. The van der Waals surface area contributed by atoms with Crippen LogP contribution in [0.15, 0.2) is 58.5 Å². The Morgan fingerprint density at radius 1 is 1.14 bits per heavy atom. The van der Waals surface area contributed by atoms with Gasteiger partial charge in [-0.3, -0.25) is 4.57 Å². The van der Waals surface area contributed by atoms with Crippen LogP contribution >= 0.6 is 11.8 Å². The third-order valence-corrected chi connectivity index (χ3v) is 5.48. The first kappa shape index (κ1) is 18.2. The zero-order valence-corrected chi connectivity index (χ0v) is 16.1. The monoisotopic (exact) mass is 396 g/mol. The van der Waals surface area contributed by atoms with Crippen LogP contribution in [-0.2, 0) is 6.54 Å². The van der Waals surface area contributed by atoms with Crippen LogP contribution in [0.2, 0.25) is 0 Å². The van der Waals surface area contributed by atoms with Crippen molar-refractivity contribution < 1.29 is 4.74 Å². The highest BCUT2D eigenvalue weighted by molar-refractivity contribution is 7.99. The highest BCUT2D eigenvalue weighted by Crippen LogP contribution is 2.29. The Balaban J connectivity index is 1.43. The van der Waals surface area contributed by atoms with Crippen LogP contribution in [-0.4, -0.2) is 37.3 Å². The summed E-state index contributed by atoms with van der Waals surface area (Å²) in [5.74, 6) is 8.19. The summed E-state index contributed by atoms with van der Waals surface area (Å²) in [7, 11) is 1.61. The first-order valence-corrected chi connectivity index (χ1v) is 9.82. The molecule has 4 rings (SSSR count). The number of imidazole rings is 1. The van der Waals surface area contributed by atoms with Crippen molar-refractivity contribution in [2.45, 2.75) is 18.1 Å². The van der Waals surface area contributed by atoms with Gasteiger partial charge in [-0.25, -0.2) is 9.47 Å². The van der Waals surface area contributed by atoms with Gasteiger partial charge in [0.25, 0.3) is 0 Å². The zero-order valence-electron chi connectivity index (χ0n) is 15.3. The summed E-state index contributed by atoms with van der Waals surface area (Å²) in [5, 5.41) is 9.01. The number of hydrogen-bond acceptors (Lipinski definition) is 6. The number of methoxy groups -OCH3 is 1. The normalized spacial score (nSPS) is 11.2. The molecule has 28 heavy (non-hydrogen) atoms. The van der Waals surface area contributed by atoms with E-state index in [0.717, 1.165) is 28.8 Å². The predicted octanol–water partition coefficient (Wildman–Crippen LogP) is 2.49. The summed E-state index contributed by atoms with van der Waals surface area (Å²) in [6, 6.07) is 15.2. The minimum Gasteiger partial charge on any atom is -0.496 e. The average Bonchev–Trinajstić information content (AvgIpc) is 3.24. The number of aryl methyl sites for hydroxylation is 1. The van der Waals surface area contributed by atoms with Gasteiger partial charge in [-0.2, -0.15) is 0 Å². The summed E-state index contributed by atoms with van der Waals surface area (Å²) in [4.78, 5) is 15.0. The van der Waals surface area contributed by atoms with Crippen molar-refractivity contribution in [3.05, 3.63) is 59.0 Å². The fourth-order valence-electron chi connectivity index (χ4n) is 3.10. The van der Waals surface area contributed by atoms with E-state index in [1.807, 2.05) is 48.5 Å². The van der Waals surface area contributed by atoms with Gasteiger partial charge in [0.15, 0.2) is 5.82 Å². The lowest BCUT2D eigenvalue weighted by molar-refractivity contribution is 0.416. The Bertz CT molecular complexity index is 1160. The average molecular weight is 396 g/mol. The molecule has 0 saturated heterocycles. The van der Waals surface area contributed by atoms with Crippen molar-refractivity contribution >= 4 is 22.8 Å². The van der Waals surface area contributed by atoms with E-state index in [2.05, 4.69) is 15.2 Å². The number of nitrogens with one attached hydrogen (secondary N) is 1. The summed E-state index contributed by atoms with van der Waals surface area (Å²) in [5.41, 5.74) is 2.46. The first-order chi connectivity index (χ1) is 13.7. The Hall–Kier alpha value is -3.20. The topological polar surface area (TPSA) is 104 Å². The largest absolute Gasteiger partial charge is 0.496 e. The van der Waals surface area contributed by atoms with E-state index in [0.29, 0.717) is 23.3 Å². The number of nitrogens with zero attached hydrogens (tertiary/aromatic N) is 4. The molecule has 3 N–H and O–H groups in total. The van der Waals surface area contributed by atoms with E-state index in [9.17, 15) is 4.79 Å². The van der Waals surface area contributed by atoms with Crippen molar-refractivity contribution in [2.24, 2.45) is 0 Å². The molecule has 0 unspecified atom stereocenters. The summed E-state index contributed by atoms with van der Waals surface area (Å²) in [6.07, 6.45) is 0.795. The minimum absolute atomic E-state index is 0.0911. The molecule has 0 aliphatic carbocycles. The van der Waals surface area contributed by atoms with Gasteiger partial charge < -0.3 is 15.6 Å². The van der Waals surface area contributed by atoms with Crippen molar-refractivity contribution in [1.82, 2.24) is 24.4 Å². The number of benzene rings is 2. The molecule has 0 aliphatic rings. The molecule has 2 aromatic carbocycles. The van der Waals surface area contributed by atoms with E-state index in [1.54, 1.807) is 11.7 Å². The van der Waals surface area contributed by atoms with Crippen molar-refractivity contribution in [1.29, 1.82) is 0 Å². The standard InChI is InChI=1S/C19H20N6O2S/c1-27-16-10-5-2-7-13(16)17-22-23-19(25(17)20)28-12-6-11-24-15-9-4-3-8-14(15)21-18(24)26/h2-5,7-10H,6,11-12,20H2,1H3,(H,21,26). The third kappa shape index (κ3) is 3.36. The number of nitrogens with two attached hydrogens (primary N) is 1. The number of H-pyrrole nitrogens is 1. The van der Waals surface area contributed by atoms with Crippen LogP contribution in [0.3, 0.4) is 0 Å². The van der Waals surface area contributed by atoms with E-state index < -0.39 is 0 Å². The van der Waals surface area contributed by atoms with Crippen molar-refractivity contribution in [3.63, 3.8) is 0 Å². The molecule has 0 bridgehead atoms. The van der Waals surface area contributed by atoms with E-state index in [4.69, 9.17) is 10.6 Å². The zero-order chi connectivity index (χ0) is 19.5. The molecule has 8 nitrogen and oxygen atoms in total. The van der Waals surface area contributed by atoms with Crippen LogP contribution in [0.1, 0.15) is 6.42 Å². The van der Waals surface area contributed by atoms with Gasteiger partial charge in [0.1, 0.15) is 5.75 Å². The van der Waals surface area contributed by atoms with Crippen LogP contribution < -0.4 is 16.3 Å². The molecule has 0 saturated carbocycles. The van der Waals surface area contributed by atoms with Crippen molar-refractivity contribution in [3.8, 4) is 17.1 Å². The lowest BCUT2D eigenvalue weighted by Gasteiger charge is -2.08. The molecule has 0 aliphatic heterocycles. The number of thioether (sulfide) groups is 1. The number of hydrogen-bond donors (Lipinski definition) is 2. The molecule has 2 aromatic heterocycles. The Kier molecular flexibility index (Phi) is 5.07. The van der Waals surface area contributed by atoms with Gasteiger partial charge in [0.2, 0.25) is 5.16 Å². The van der Waals surface area contributed by atoms with Crippen molar-refractivity contribution in [2.75, 3.05) is 18.7 Å². The van der Waals surface area contributed by atoms with Gasteiger partial charge in [0, 0.05) is 12.3 Å². The highest BCUT2D eigenvalue weighted by Gasteiger charge is 2.15. The molecule has 0 fully saturated rings. The molecule has 0 radical (unpaired) electrons. The van der Waals surface area contributed by atoms with Gasteiger partial charge in [-0.15, -0.1) is 10.2 Å². The number of aromatic nitrogens is 5. The molecule has 4 aromatic rings. The third-order valence-electron chi connectivity index (χ3n) is 4.45. The Labute approximate surface area is 165 Å². The van der Waals surface area contributed by atoms with Gasteiger partial charge >= 0.3 is 5.69 Å². The van der Waals surface area contributed by atoms with E-state index in [-0.39, 0.29) is 5.69 Å². The van der Waals surface area contributed by atoms with Crippen LogP contribution in [0.5, 0.6) is 5.75 Å². The number of aromatic amines is 1. The first-order valence-electron chi connectivity index (χ1n) is 8.83. The second kappa shape index (κ2) is 7.81. The smallest absolute Gasteiger partial charge is 0.326 e. The van der Waals surface area contributed by atoms with Gasteiger partial charge in [0.05, 0.1) is 23.7 Å². The molecule has 9 heteroatoms.